The van der Waals surface area contributed by atoms with E-state index in [-0.39, 0.29) is 6.04 Å². The maximum absolute atomic E-state index is 12.1. The summed E-state index contributed by atoms with van der Waals surface area (Å²) in [5.74, 6) is 0.291. The first-order valence-corrected chi connectivity index (χ1v) is 7.73. The van der Waals surface area contributed by atoms with Crippen molar-refractivity contribution in [3.8, 4) is 0 Å². The quantitative estimate of drug-likeness (QED) is 0.718. The van der Waals surface area contributed by atoms with Gasteiger partial charge >= 0.3 is 0 Å². The largest absolute Gasteiger partial charge is 0.339 e. The fourth-order valence-electron chi connectivity index (χ4n) is 3.88. The van der Waals surface area contributed by atoms with E-state index in [4.69, 9.17) is 0 Å². The van der Waals surface area contributed by atoms with Gasteiger partial charge in [-0.3, -0.25) is 15.0 Å². The summed E-state index contributed by atoms with van der Waals surface area (Å²) in [6, 6.07) is 0.942. The molecule has 1 saturated carbocycles. The maximum Gasteiger partial charge on any atom is 0.223 e. The van der Waals surface area contributed by atoms with Crippen LogP contribution in [0.15, 0.2) is 0 Å². The topological polar surface area (TPSA) is 47.6 Å². The molecular weight excluding hydrogens is 240 g/mol. The summed E-state index contributed by atoms with van der Waals surface area (Å²) in [5.41, 5.74) is 0. The van der Waals surface area contributed by atoms with E-state index in [0.717, 1.165) is 19.8 Å². The first-order valence-electron chi connectivity index (χ1n) is 7.73. The number of nitrogens with one attached hydrogen (secondary N) is 2. The van der Waals surface area contributed by atoms with E-state index in [2.05, 4.69) is 15.5 Å². The van der Waals surface area contributed by atoms with Crippen LogP contribution in [-0.4, -0.2) is 60.8 Å². The van der Waals surface area contributed by atoms with Gasteiger partial charge in [0.1, 0.15) is 0 Å². The number of likely N-dealkylation sites (N-methyl/N-ethyl adjacent to an activating group) is 1. The monoisotopic (exact) mass is 266 g/mol. The van der Waals surface area contributed by atoms with E-state index in [1.807, 2.05) is 11.9 Å². The van der Waals surface area contributed by atoms with E-state index >= 15 is 0 Å². The number of hydrogen-bond acceptors (Lipinski definition) is 4. The molecule has 5 heteroatoms. The lowest BCUT2D eigenvalue weighted by Crippen LogP contribution is -2.67. The fourth-order valence-corrected chi connectivity index (χ4v) is 3.88. The molecule has 2 unspecified atom stereocenters. The Labute approximate surface area is 115 Å². The molecule has 2 saturated heterocycles. The minimum absolute atomic E-state index is 0.269. The number of hydrogen-bond donors (Lipinski definition) is 2. The second-order valence-electron chi connectivity index (χ2n) is 6.13. The van der Waals surface area contributed by atoms with E-state index < -0.39 is 0 Å². The van der Waals surface area contributed by atoms with Gasteiger partial charge < -0.3 is 10.2 Å². The standard InChI is InChI=1S/C14H26N4O/c1-17-12-9-15-10-16-14(12)18(8-7-13(17)19)11-5-3-2-4-6-11/h11-12,14-16H,2-10H2,1H3. The summed E-state index contributed by atoms with van der Waals surface area (Å²) >= 11 is 0. The van der Waals surface area contributed by atoms with Gasteiger partial charge in [0.05, 0.1) is 12.2 Å². The number of amides is 1. The highest BCUT2D eigenvalue weighted by Gasteiger charge is 2.40. The molecule has 0 aromatic carbocycles. The van der Waals surface area contributed by atoms with Gasteiger partial charge in [-0.1, -0.05) is 19.3 Å². The van der Waals surface area contributed by atoms with Gasteiger partial charge in [0.15, 0.2) is 0 Å². The van der Waals surface area contributed by atoms with Crippen LogP contribution < -0.4 is 10.6 Å². The minimum atomic E-state index is 0.269. The highest BCUT2D eigenvalue weighted by Crippen LogP contribution is 2.27. The Hall–Kier alpha value is -0.650. The van der Waals surface area contributed by atoms with Crippen molar-refractivity contribution in [2.75, 3.05) is 26.8 Å². The van der Waals surface area contributed by atoms with Crippen LogP contribution in [0.1, 0.15) is 38.5 Å². The Bertz CT molecular complexity index is 329. The molecule has 3 aliphatic rings. The van der Waals surface area contributed by atoms with E-state index in [1.54, 1.807) is 0 Å². The van der Waals surface area contributed by atoms with Crippen LogP contribution in [0, 0.1) is 0 Å². The SMILES string of the molecule is CN1C(=O)CCN(C2CCCCC2)C2NCNCC21. The Balaban J connectivity index is 1.79. The van der Waals surface area contributed by atoms with Gasteiger partial charge in [0, 0.05) is 39.3 Å². The molecule has 19 heavy (non-hydrogen) atoms. The number of rotatable bonds is 1. The van der Waals surface area contributed by atoms with Gasteiger partial charge in [-0.15, -0.1) is 0 Å². The molecule has 2 N–H and O–H groups in total. The average molecular weight is 266 g/mol. The molecule has 0 radical (unpaired) electrons. The highest BCUT2D eigenvalue weighted by molar-refractivity contribution is 5.76. The molecule has 3 rings (SSSR count). The molecule has 1 amide bonds. The van der Waals surface area contributed by atoms with Crippen molar-refractivity contribution in [1.82, 2.24) is 20.4 Å². The van der Waals surface area contributed by atoms with E-state index in [0.29, 0.717) is 24.5 Å². The molecule has 0 aromatic rings. The van der Waals surface area contributed by atoms with Gasteiger partial charge in [-0.25, -0.2) is 0 Å². The van der Waals surface area contributed by atoms with Crippen molar-refractivity contribution in [3.05, 3.63) is 0 Å². The molecule has 2 heterocycles. The predicted octanol–water partition coefficient (Wildman–Crippen LogP) is 0.328. The molecule has 3 fully saturated rings. The average Bonchev–Trinajstić information content (AvgIpc) is 2.59. The zero-order valence-electron chi connectivity index (χ0n) is 11.9. The maximum atomic E-state index is 12.1. The number of carbonyl (C=O) groups is 1. The zero-order valence-corrected chi connectivity index (χ0v) is 11.9. The van der Waals surface area contributed by atoms with Crippen molar-refractivity contribution in [1.29, 1.82) is 0 Å². The molecule has 0 aromatic heterocycles. The van der Waals surface area contributed by atoms with Crippen molar-refractivity contribution in [2.24, 2.45) is 0 Å². The first kappa shape index (κ1) is 13.3. The molecule has 2 atom stereocenters. The summed E-state index contributed by atoms with van der Waals surface area (Å²) in [7, 11) is 1.96. The summed E-state index contributed by atoms with van der Waals surface area (Å²) in [6.45, 7) is 2.68. The summed E-state index contributed by atoms with van der Waals surface area (Å²) in [4.78, 5) is 16.7. The van der Waals surface area contributed by atoms with Gasteiger partial charge in [0.2, 0.25) is 5.91 Å². The van der Waals surface area contributed by atoms with E-state index in [9.17, 15) is 4.79 Å². The smallest absolute Gasteiger partial charge is 0.223 e. The molecular formula is C14H26N4O. The number of carbonyl (C=O) groups excluding carboxylic acids is 1. The summed E-state index contributed by atoms with van der Waals surface area (Å²) in [5, 5.41) is 6.93. The fraction of sp³-hybridized carbons (Fsp3) is 0.929. The third-order valence-electron chi connectivity index (χ3n) is 5.03. The van der Waals surface area contributed by atoms with Crippen LogP contribution in [0.25, 0.3) is 0 Å². The number of nitrogens with zero attached hydrogens (tertiary/aromatic N) is 2. The zero-order chi connectivity index (χ0) is 13.2. The van der Waals surface area contributed by atoms with Gasteiger partial charge in [-0.05, 0) is 12.8 Å². The molecule has 2 aliphatic heterocycles. The lowest BCUT2D eigenvalue weighted by molar-refractivity contribution is -0.131. The third-order valence-corrected chi connectivity index (χ3v) is 5.03. The van der Waals surface area contributed by atoms with Crippen molar-refractivity contribution in [2.45, 2.75) is 56.8 Å². The third kappa shape index (κ3) is 2.64. The summed E-state index contributed by atoms with van der Waals surface area (Å²) < 4.78 is 0. The Morgan fingerprint density at radius 1 is 1.21 bits per heavy atom. The molecule has 0 bridgehead atoms. The van der Waals surface area contributed by atoms with Crippen LogP contribution >= 0.6 is 0 Å². The predicted molar refractivity (Wildman–Crippen MR) is 74.5 cm³/mol. The van der Waals surface area contributed by atoms with E-state index in [1.165, 1.54) is 32.1 Å². The molecule has 0 spiro atoms. The molecule has 5 nitrogen and oxygen atoms in total. The second kappa shape index (κ2) is 5.77. The lowest BCUT2D eigenvalue weighted by Gasteiger charge is -2.45. The first-order chi connectivity index (χ1) is 9.27. The Morgan fingerprint density at radius 2 is 2.00 bits per heavy atom. The normalized spacial score (nSPS) is 35.0. The van der Waals surface area contributed by atoms with Crippen LogP contribution in [0.3, 0.4) is 0 Å². The Kier molecular flexibility index (Phi) is 4.05. The van der Waals surface area contributed by atoms with Gasteiger partial charge in [-0.2, -0.15) is 0 Å². The minimum Gasteiger partial charge on any atom is -0.339 e. The van der Waals surface area contributed by atoms with Crippen LogP contribution in [0.5, 0.6) is 0 Å². The van der Waals surface area contributed by atoms with Crippen LogP contribution in [-0.2, 0) is 4.79 Å². The summed E-state index contributed by atoms with van der Waals surface area (Å²) in [6.07, 6.45) is 7.68. The van der Waals surface area contributed by atoms with Crippen molar-refractivity contribution >= 4 is 5.91 Å². The lowest BCUT2D eigenvalue weighted by atomic mass is 9.93. The second-order valence-corrected chi connectivity index (χ2v) is 6.13. The number of fused-ring (bicyclic) bond motifs is 1. The van der Waals surface area contributed by atoms with Crippen LogP contribution in [0.4, 0.5) is 0 Å². The molecule has 108 valence electrons. The van der Waals surface area contributed by atoms with Crippen LogP contribution in [0.2, 0.25) is 0 Å². The van der Waals surface area contributed by atoms with Crippen molar-refractivity contribution in [3.63, 3.8) is 0 Å². The van der Waals surface area contributed by atoms with Crippen molar-refractivity contribution < 1.29 is 4.79 Å². The highest BCUT2D eigenvalue weighted by atomic mass is 16.2. The molecule has 1 aliphatic carbocycles. The Morgan fingerprint density at radius 3 is 2.79 bits per heavy atom. The van der Waals surface area contributed by atoms with Gasteiger partial charge in [0.25, 0.3) is 0 Å².